The smallest absolute Gasteiger partial charge is 0.254 e. The number of aromatic nitrogens is 2. The van der Waals surface area contributed by atoms with Crippen molar-refractivity contribution in [2.24, 2.45) is 7.05 Å². The van der Waals surface area contributed by atoms with Crippen LogP contribution in [0.4, 0.5) is 4.39 Å². The van der Waals surface area contributed by atoms with Gasteiger partial charge in [-0.1, -0.05) is 29.8 Å². The lowest BCUT2D eigenvalue weighted by molar-refractivity contribution is 0.0618. The minimum absolute atomic E-state index is 0.131. The van der Waals surface area contributed by atoms with Gasteiger partial charge in [0.05, 0.1) is 29.6 Å². The molecule has 7 heteroatoms. The minimum atomic E-state index is -0.426. The maximum Gasteiger partial charge on any atom is 0.254 e. The first-order chi connectivity index (χ1) is 13.5. The van der Waals surface area contributed by atoms with Gasteiger partial charge in [0.15, 0.2) is 0 Å². The molecule has 28 heavy (non-hydrogen) atoms. The lowest BCUT2D eigenvalue weighted by atomic mass is 10.0. The largest absolute Gasteiger partial charge is 0.394 e. The Hall–Kier alpha value is -2.70. The molecule has 144 valence electrons. The number of amides is 1. The van der Waals surface area contributed by atoms with Crippen molar-refractivity contribution < 1.29 is 14.3 Å². The lowest BCUT2D eigenvalue weighted by Gasteiger charge is -2.26. The number of carbonyl (C=O) groups is 1. The Morgan fingerprint density at radius 3 is 2.79 bits per heavy atom. The fraction of sp³-hybridized carbons (Fsp3) is 0.238. The van der Waals surface area contributed by atoms with E-state index in [0.29, 0.717) is 23.6 Å². The molecule has 0 saturated heterocycles. The van der Waals surface area contributed by atoms with E-state index in [9.17, 15) is 14.3 Å². The second-order valence-corrected chi connectivity index (χ2v) is 7.35. The molecule has 2 heterocycles. The van der Waals surface area contributed by atoms with Crippen molar-refractivity contribution in [3.05, 3.63) is 76.2 Å². The third-order valence-corrected chi connectivity index (χ3v) is 5.39. The van der Waals surface area contributed by atoms with Crippen molar-refractivity contribution >= 4 is 17.5 Å². The van der Waals surface area contributed by atoms with E-state index in [1.165, 1.54) is 12.1 Å². The van der Waals surface area contributed by atoms with Crippen LogP contribution in [-0.2, 0) is 20.0 Å². The van der Waals surface area contributed by atoms with Gasteiger partial charge in [-0.3, -0.25) is 9.48 Å². The molecule has 0 bridgehead atoms. The predicted octanol–water partition coefficient (Wildman–Crippen LogP) is 3.44. The molecule has 4 rings (SSSR count). The predicted molar refractivity (Wildman–Crippen MR) is 105 cm³/mol. The molecule has 3 aromatic rings. The van der Waals surface area contributed by atoms with Crippen molar-refractivity contribution in [2.45, 2.75) is 19.0 Å². The molecule has 1 aliphatic rings. The van der Waals surface area contributed by atoms with E-state index in [1.54, 1.807) is 34.0 Å². The number of fused-ring (bicyclic) bond motifs is 1. The van der Waals surface area contributed by atoms with Crippen LogP contribution in [0.1, 0.15) is 21.5 Å². The van der Waals surface area contributed by atoms with Crippen LogP contribution in [0.3, 0.4) is 0 Å². The molecule has 1 amide bonds. The van der Waals surface area contributed by atoms with Gasteiger partial charge in [-0.2, -0.15) is 5.10 Å². The number of rotatable bonds is 5. The van der Waals surface area contributed by atoms with E-state index in [4.69, 9.17) is 11.6 Å². The van der Waals surface area contributed by atoms with E-state index >= 15 is 0 Å². The zero-order valence-electron chi connectivity index (χ0n) is 15.3. The van der Waals surface area contributed by atoms with Crippen LogP contribution in [-0.4, -0.2) is 38.3 Å². The highest BCUT2D eigenvalue weighted by atomic mass is 35.5. The number of aliphatic hydroxyl groups excluding tert-OH is 1. The van der Waals surface area contributed by atoms with Crippen LogP contribution in [0, 0.1) is 5.82 Å². The molecule has 1 atom stereocenters. The molecule has 1 N–H and O–H groups in total. The summed E-state index contributed by atoms with van der Waals surface area (Å²) in [7, 11) is 1.81. The van der Waals surface area contributed by atoms with Crippen LogP contribution >= 0.6 is 11.6 Å². The highest BCUT2D eigenvalue weighted by Crippen LogP contribution is 2.33. The number of hydrogen-bond donors (Lipinski definition) is 1. The van der Waals surface area contributed by atoms with Gasteiger partial charge < -0.3 is 10.0 Å². The third-order valence-electron chi connectivity index (χ3n) is 5.12. The zero-order chi connectivity index (χ0) is 19.8. The van der Waals surface area contributed by atoms with Crippen molar-refractivity contribution in [1.29, 1.82) is 0 Å². The van der Waals surface area contributed by atoms with E-state index in [-0.39, 0.29) is 18.3 Å². The van der Waals surface area contributed by atoms with Crippen molar-refractivity contribution in [1.82, 2.24) is 14.7 Å². The zero-order valence-corrected chi connectivity index (χ0v) is 16.0. The Morgan fingerprint density at radius 2 is 2.11 bits per heavy atom. The molecule has 0 radical (unpaired) electrons. The Kier molecular flexibility index (Phi) is 4.91. The highest BCUT2D eigenvalue weighted by Gasteiger charge is 2.33. The summed E-state index contributed by atoms with van der Waals surface area (Å²) >= 11 is 6.24. The Balaban J connectivity index is 1.61. The fourth-order valence-corrected chi connectivity index (χ4v) is 4.01. The van der Waals surface area contributed by atoms with Crippen LogP contribution in [0.5, 0.6) is 0 Å². The number of nitrogens with zero attached hydrogens (tertiary/aromatic N) is 3. The van der Waals surface area contributed by atoms with Gasteiger partial charge in [0.25, 0.3) is 5.91 Å². The fourth-order valence-electron chi connectivity index (χ4n) is 3.73. The second kappa shape index (κ2) is 7.37. The number of hydrogen-bond acceptors (Lipinski definition) is 3. The molecule has 1 aliphatic heterocycles. The Morgan fingerprint density at radius 1 is 1.29 bits per heavy atom. The van der Waals surface area contributed by atoms with Crippen molar-refractivity contribution in [3.8, 4) is 11.3 Å². The van der Waals surface area contributed by atoms with Gasteiger partial charge in [-0.15, -0.1) is 0 Å². The quantitative estimate of drug-likeness (QED) is 0.715. The number of benzene rings is 2. The average molecular weight is 400 g/mol. The lowest BCUT2D eigenvalue weighted by Crippen LogP contribution is -2.39. The maximum atomic E-state index is 13.5. The topological polar surface area (TPSA) is 58.4 Å². The van der Waals surface area contributed by atoms with Crippen LogP contribution < -0.4 is 0 Å². The third kappa shape index (κ3) is 3.30. The summed E-state index contributed by atoms with van der Waals surface area (Å²) < 4.78 is 15.2. The standard InChI is InChI=1S/C21H19ClFN3O2/c1-25-20(19(22)10-24-25)14-5-6-18-15(9-14)11-26(21(18)28)17(12-27)8-13-3-2-4-16(23)7-13/h2-7,9-10,17,27H,8,11-12H2,1H3/t17-/m0/s1. The molecule has 0 saturated carbocycles. The molecular formula is C21H19ClFN3O2. The molecule has 5 nitrogen and oxygen atoms in total. The summed E-state index contributed by atoms with van der Waals surface area (Å²) in [6, 6.07) is 11.4. The van der Waals surface area contributed by atoms with E-state index in [0.717, 1.165) is 22.4 Å². The number of aryl methyl sites for hydroxylation is 1. The van der Waals surface area contributed by atoms with E-state index in [2.05, 4.69) is 5.10 Å². The number of aliphatic hydroxyl groups is 1. The van der Waals surface area contributed by atoms with Crippen LogP contribution in [0.15, 0.2) is 48.7 Å². The maximum absolute atomic E-state index is 13.5. The SMILES string of the molecule is Cn1ncc(Cl)c1-c1ccc2c(c1)CN([C@H](CO)Cc1cccc(F)c1)C2=O. The van der Waals surface area contributed by atoms with Gasteiger partial charge in [0, 0.05) is 24.7 Å². The first-order valence-corrected chi connectivity index (χ1v) is 9.33. The van der Waals surface area contributed by atoms with Gasteiger partial charge >= 0.3 is 0 Å². The molecule has 0 aliphatic carbocycles. The van der Waals surface area contributed by atoms with Crippen LogP contribution in [0.2, 0.25) is 5.02 Å². The van der Waals surface area contributed by atoms with Crippen molar-refractivity contribution in [3.63, 3.8) is 0 Å². The average Bonchev–Trinajstić information content (AvgIpc) is 3.18. The normalized spacial score (nSPS) is 14.4. The van der Waals surface area contributed by atoms with Crippen LogP contribution in [0.25, 0.3) is 11.3 Å². The highest BCUT2D eigenvalue weighted by molar-refractivity contribution is 6.33. The van der Waals surface area contributed by atoms with Gasteiger partial charge in [-0.05, 0) is 41.8 Å². The molecule has 0 unspecified atom stereocenters. The van der Waals surface area contributed by atoms with E-state index < -0.39 is 6.04 Å². The molecule has 1 aromatic heterocycles. The Labute approximate surface area is 167 Å². The second-order valence-electron chi connectivity index (χ2n) is 6.94. The Bertz CT molecular complexity index is 1030. The van der Waals surface area contributed by atoms with Gasteiger partial charge in [0.2, 0.25) is 0 Å². The number of carbonyl (C=O) groups excluding carboxylic acids is 1. The minimum Gasteiger partial charge on any atom is -0.394 e. The molecule has 2 aromatic carbocycles. The summed E-state index contributed by atoms with van der Waals surface area (Å²) in [5, 5.41) is 14.6. The summed E-state index contributed by atoms with van der Waals surface area (Å²) in [5.74, 6) is -0.462. The van der Waals surface area contributed by atoms with E-state index in [1.807, 2.05) is 19.2 Å². The van der Waals surface area contributed by atoms with Gasteiger partial charge in [-0.25, -0.2) is 4.39 Å². The first-order valence-electron chi connectivity index (χ1n) is 8.95. The first kappa shape index (κ1) is 18.7. The van der Waals surface area contributed by atoms with Gasteiger partial charge in [0.1, 0.15) is 5.82 Å². The molecular weight excluding hydrogens is 381 g/mol. The summed E-state index contributed by atoms with van der Waals surface area (Å²) in [6.07, 6.45) is 1.97. The summed E-state index contributed by atoms with van der Waals surface area (Å²) in [5.41, 5.74) is 3.89. The monoisotopic (exact) mass is 399 g/mol. The van der Waals surface area contributed by atoms with Crippen molar-refractivity contribution in [2.75, 3.05) is 6.61 Å². The summed E-state index contributed by atoms with van der Waals surface area (Å²) in [4.78, 5) is 14.5. The summed E-state index contributed by atoms with van der Waals surface area (Å²) in [6.45, 7) is 0.189. The molecule has 0 fully saturated rings. The number of halogens is 2. The molecule has 0 spiro atoms.